The summed E-state index contributed by atoms with van der Waals surface area (Å²) in [5.74, 6) is 0. The lowest BCUT2D eigenvalue weighted by Crippen LogP contribution is -2.58. The third kappa shape index (κ3) is 5.20. The highest BCUT2D eigenvalue weighted by Crippen LogP contribution is 2.34. The van der Waals surface area contributed by atoms with Crippen molar-refractivity contribution < 1.29 is 4.74 Å². The molecular weight excluding hydrogens is 333 g/mol. The standard InChI is InChI=1S/C17H33N3O.2ClH/c1-16(6-12-21-13-7-16)14-20-11-3-10-19(2)17(15-20)4-8-18-9-5-17;;/h18H,3-15H2,1-2H3;2*1H. The molecule has 0 aromatic carbocycles. The maximum absolute atomic E-state index is 5.57. The SMILES string of the molecule is CN1CCCN(CC2(C)CCOCC2)CC12CCNCC2.Cl.Cl. The Balaban J connectivity index is 0.00000132. The van der Waals surface area contributed by atoms with Crippen LogP contribution in [0.4, 0.5) is 0 Å². The summed E-state index contributed by atoms with van der Waals surface area (Å²) >= 11 is 0. The summed E-state index contributed by atoms with van der Waals surface area (Å²) in [4.78, 5) is 5.44. The average Bonchev–Trinajstić information content (AvgIpc) is 2.61. The normalized spacial score (nSPS) is 28.4. The van der Waals surface area contributed by atoms with E-state index in [0.29, 0.717) is 11.0 Å². The minimum absolute atomic E-state index is 0. The van der Waals surface area contributed by atoms with Crippen molar-refractivity contribution in [3.05, 3.63) is 0 Å². The van der Waals surface area contributed by atoms with Gasteiger partial charge in [-0.1, -0.05) is 6.92 Å². The van der Waals surface area contributed by atoms with Gasteiger partial charge in [0.05, 0.1) is 0 Å². The van der Waals surface area contributed by atoms with E-state index >= 15 is 0 Å². The Morgan fingerprint density at radius 3 is 2.30 bits per heavy atom. The second-order valence-corrected chi connectivity index (χ2v) is 7.88. The molecule has 0 aliphatic carbocycles. The summed E-state index contributed by atoms with van der Waals surface area (Å²) < 4.78 is 5.57. The van der Waals surface area contributed by atoms with Crippen LogP contribution in [0.5, 0.6) is 0 Å². The number of halogens is 2. The summed E-state index contributed by atoms with van der Waals surface area (Å²) in [5, 5.41) is 3.54. The molecule has 3 rings (SSSR count). The van der Waals surface area contributed by atoms with Crippen molar-refractivity contribution in [2.75, 3.05) is 59.5 Å². The molecule has 0 amide bonds. The predicted molar refractivity (Wildman–Crippen MR) is 101 cm³/mol. The highest BCUT2D eigenvalue weighted by molar-refractivity contribution is 5.85. The Labute approximate surface area is 154 Å². The van der Waals surface area contributed by atoms with Crippen molar-refractivity contribution in [1.82, 2.24) is 15.1 Å². The molecule has 0 bridgehead atoms. The molecule has 3 aliphatic rings. The smallest absolute Gasteiger partial charge is 0.0471 e. The first kappa shape index (κ1) is 21.5. The number of hydrogen-bond acceptors (Lipinski definition) is 4. The molecule has 1 N–H and O–H groups in total. The fourth-order valence-corrected chi connectivity index (χ4v) is 4.51. The molecule has 3 fully saturated rings. The number of piperidine rings is 1. The van der Waals surface area contributed by atoms with E-state index < -0.39 is 0 Å². The van der Waals surface area contributed by atoms with E-state index in [9.17, 15) is 0 Å². The summed E-state index contributed by atoms with van der Waals surface area (Å²) in [6.07, 6.45) is 6.39. The minimum atomic E-state index is 0. The van der Waals surface area contributed by atoms with Gasteiger partial charge in [-0.15, -0.1) is 24.8 Å². The van der Waals surface area contributed by atoms with Crippen LogP contribution in [0.15, 0.2) is 0 Å². The lowest BCUT2D eigenvalue weighted by molar-refractivity contribution is -0.00511. The summed E-state index contributed by atoms with van der Waals surface area (Å²) in [5.41, 5.74) is 0.887. The second-order valence-electron chi connectivity index (χ2n) is 7.88. The van der Waals surface area contributed by atoms with Crippen LogP contribution in [0.25, 0.3) is 0 Å². The van der Waals surface area contributed by atoms with E-state index in [-0.39, 0.29) is 24.8 Å². The van der Waals surface area contributed by atoms with Gasteiger partial charge in [0.1, 0.15) is 0 Å². The van der Waals surface area contributed by atoms with Crippen molar-refractivity contribution in [3.63, 3.8) is 0 Å². The quantitative estimate of drug-likeness (QED) is 0.810. The van der Waals surface area contributed by atoms with E-state index in [1.807, 2.05) is 0 Å². The minimum Gasteiger partial charge on any atom is -0.381 e. The maximum atomic E-state index is 5.57. The molecule has 0 aromatic heterocycles. The van der Waals surface area contributed by atoms with Crippen LogP contribution in [0, 0.1) is 5.41 Å². The van der Waals surface area contributed by atoms with Crippen LogP contribution < -0.4 is 5.32 Å². The zero-order chi connectivity index (χ0) is 14.8. The monoisotopic (exact) mass is 367 g/mol. The van der Waals surface area contributed by atoms with Crippen molar-refractivity contribution >= 4 is 24.8 Å². The summed E-state index contributed by atoms with van der Waals surface area (Å²) in [6, 6.07) is 0. The number of ether oxygens (including phenoxy) is 1. The average molecular weight is 368 g/mol. The van der Waals surface area contributed by atoms with Gasteiger partial charge in [-0.05, 0) is 70.7 Å². The molecular formula is C17H35Cl2N3O. The molecule has 1 spiro atoms. The number of hydrogen-bond donors (Lipinski definition) is 1. The van der Waals surface area contributed by atoms with Gasteiger partial charge in [-0.2, -0.15) is 0 Å². The van der Waals surface area contributed by atoms with Crippen LogP contribution in [0.3, 0.4) is 0 Å². The third-order valence-electron chi connectivity index (χ3n) is 6.14. The Morgan fingerprint density at radius 1 is 1.00 bits per heavy atom. The van der Waals surface area contributed by atoms with Gasteiger partial charge in [0.15, 0.2) is 0 Å². The van der Waals surface area contributed by atoms with Gasteiger partial charge >= 0.3 is 0 Å². The zero-order valence-electron chi connectivity index (χ0n) is 14.8. The van der Waals surface area contributed by atoms with E-state index in [2.05, 4.69) is 29.1 Å². The molecule has 0 unspecified atom stereocenters. The first-order valence-electron chi connectivity index (χ1n) is 8.84. The van der Waals surface area contributed by atoms with E-state index in [4.69, 9.17) is 4.74 Å². The molecule has 4 nitrogen and oxygen atoms in total. The lowest BCUT2D eigenvalue weighted by atomic mass is 9.81. The van der Waals surface area contributed by atoms with Gasteiger partial charge in [-0.3, -0.25) is 4.90 Å². The predicted octanol–water partition coefficient (Wildman–Crippen LogP) is 2.41. The summed E-state index contributed by atoms with van der Waals surface area (Å²) in [6.45, 7) is 11.8. The molecule has 3 heterocycles. The number of rotatable bonds is 2. The first-order chi connectivity index (χ1) is 10.1. The second kappa shape index (κ2) is 9.21. The first-order valence-corrected chi connectivity index (χ1v) is 8.84. The molecule has 0 radical (unpaired) electrons. The lowest BCUT2D eigenvalue weighted by Gasteiger charge is -2.47. The Morgan fingerprint density at radius 2 is 1.65 bits per heavy atom. The van der Waals surface area contributed by atoms with Gasteiger partial charge in [0, 0.05) is 31.8 Å². The molecule has 3 saturated heterocycles. The highest BCUT2D eigenvalue weighted by Gasteiger charge is 2.40. The van der Waals surface area contributed by atoms with Crippen molar-refractivity contribution in [2.45, 2.75) is 44.6 Å². The summed E-state index contributed by atoms with van der Waals surface area (Å²) in [7, 11) is 2.35. The van der Waals surface area contributed by atoms with Crippen LogP contribution >= 0.6 is 24.8 Å². The molecule has 0 saturated carbocycles. The molecule has 3 aliphatic heterocycles. The van der Waals surface area contributed by atoms with Crippen LogP contribution in [0.2, 0.25) is 0 Å². The fraction of sp³-hybridized carbons (Fsp3) is 1.00. The van der Waals surface area contributed by atoms with Crippen molar-refractivity contribution in [2.24, 2.45) is 5.41 Å². The Hall–Kier alpha value is 0.420. The van der Waals surface area contributed by atoms with Crippen LogP contribution in [0.1, 0.15) is 39.0 Å². The van der Waals surface area contributed by atoms with Gasteiger partial charge in [-0.25, -0.2) is 0 Å². The van der Waals surface area contributed by atoms with Crippen molar-refractivity contribution in [3.8, 4) is 0 Å². The maximum Gasteiger partial charge on any atom is 0.0471 e. The highest BCUT2D eigenvalue weighted by atomic mass is 35.5. The van der Waals surface area contributed by atoms with Crippen LogP contribution in [-0.2, 0) is 4.74 Å². The van der Waals surface area contributed by atoms with E-state index in [1.54, 1.807) is 0 Å². The number of likely N-dealkylation sites (N-methyl/N-ethyl adjacent to an activating group) is 1. The Kier molecular flexibility index (Phi) is 8.59. The Bertz CT molecular complexity index is 345. The topological polar surface area (TPSA) is 27.7 Å². The molecule has 6 heteroatoms. The largest absolute Gasteiger partial charge is 0.381 e. The number of nitrogens with zero attached hydrogens (tertiary/aromatic N) is 2. The van der Waals surface area contributed by atoms with Crippen molar-refractivity contribution in [1.29, 1.82) is 0 Å². The molecule has 23 heavy (non-hydrogen) atoms. The van der Waals surface area contributed by atoms with Crippen LogP contribution in [-0.4, -0.2) is 74.9 Å². The van der Waals surface area contributed by atoms with Gasteiger partial charge < -0.3 is 15.0 Å². The molecule has 138 valence electrons. The number of nitrogens with one attached hydrogen (secondary N) is 1. The zero-order valence-corrected chi connectivity index (χ0v) is 16.4. The molecule has 0 atom stereocenters. The van der Waals surface area contributed by atoms with E-state index in [0.717, 1.165) is 13.2 Å². The third-order valence-corrected chi connectivity index (χ3v) is 6.14. The van der Waals surface area contributed by atoms with Gasteiger partial charge in [0.25, 0.3) is 0 Å². The fourth-order valence-electron chi connectivity index (χ4n) is 4.51. The molecule has 0 aromatic rings. The van der Waals surface area contributed by atoms with Gasteiger partial charge in [0.2, 0.25) is 0 Å². The van der Waals surface area contributed by atoms with E-state index in [1.165, 1.54) is 71.4 Å².